The minimum Gasteiger partial charge on any atom is -0.480 e. The molecule has 0 amide bonds. The van der Waals surface area contributed by atoms with Gasteiger partial charge in [0.25, 0.3) is 0 Å². The van der Waals surface area contributed by atoms with Gasteiger partial charge < -0.3 is 9.84 Å². The first-order chi connectivity index (χ1) is 7.74. The summed E-state index contributed by atoms with van der Waals surface area (Å²) in [5, 5.41) is 9.16. The molecule has 0 saturated carbocycles. The van der Waals surface area contributed by atoms with Crippen molar-refractivity contribution in [2.45, 2.75) is 20.3 Å². The molecule has 1 saturated heterocycles. The largest absolute Gasteiger partial charge is 0.480 e. The second kappa shape index (κ2) is 4.64. The van der Waals surface area contributed by atoms with Crippen molar-refractivity contribution in [1.29, 1.82) is 0 Å². The minimum absolute atomic E-state index is 0.0695. The van der Waals surface area contributed by atoms with E-state index < -0.39 is 33.1 Å². The standard InChI is InChI=1S/C10H16O6S/c1-3-16-9(13)10(2,8(11)12)7-4-5-17(14,15)6-7/h7H,3-6H2,1-2H3,(H,11,12). The van der Waals surface area contributed by atoms with E-state index in [-0.39, 0.29) is 24.5 Å². The molecule has 0 bridgehead atoms. The number of hydrogen-bond acceptors (Lipinski definition) is 5. The van der Waals surface area contributed by atoms with E-state index in [1.807, 2.05) is 0 Å². The Morgan fingerprint density at radius 1 is 1.47 bits per heavy atom. The lowest BCUT2D eigenvalue weighted by Gasteiger charge is -2.27. The van der Waals surface area contributed by atoms with E-state index in [0.717, 1.165) is 0 Å². The van der Waals surface area contributed by atoms with Crippen LogP contribution in [0.3, 0.4) is 0 Å². The average molecular weight is 264 g/mol. The van der Waals surface area contributed by atoms with Crippen molar-refractivity contribution >= 4 is 21.8 Å². The highest BCUT2D eigenvalue weighted by Gasteiger charge is 2.53. The van der Waals surface area contributed by atoms with Gasteiger partial charge in [-0.2, -0.15) is 0 Å². The molecule has 0 radical (unpaired) electrons. The van der Waals surface area contributed by atoms with Gasteiger partial charge in [0.1, 0.15) is 0 Å². The van der Waals surface area contributed by atoms with Gasteiger partial charge in [0.15, 0.2) is 15.3 Å². The molecule has 1 N–H and O–H groups in total. The van der Waals surface area contributed by atoms with Crippen molar-refractivity contribution < 1.29 is 27.9 Å². The van der Waals surface area contributed by atoms with Crippen LogP contribution in [0.4, 0.5) is 0 Å². The summed E-state index contributed by atoms with van der Waals surface area (Å²) in [6, 6.07) is 0. The summed E-state index contributed by atoms with van der Waals surface area (Å²) in [5.41, 5.74) is -1.78. The minimum atomic E-state index is -3.23. The van der Waals surface area contributed by atoms with Gasteiger partial charge in [0.2, 0.25) is 0 Å². The molecule has 17 heavy (non-hydrogen) atoms. The Morgan fingerprint density at radius 3 is 2.41 bits per heavy atom. The number of carbonyl (C=O) groups is 2. The van der Waals surface area contributed by atoms with Gasteiger partial charge in [-0.05, 0) is 20.3 Å². The average Bonchev–Trinajstić information content (AvgIpc) is 2.57. The van der Waals surface area contributed by atoms with Crippen molar-refractivity contribution in [3.05, 3.63) is 0 Å². The van der Waals surface area contributed by atoms with Gasteiger partial charge in [-0.15, -0.1) is 0 Å². The normalized spacial score (nSPS) is 26.1. The van der Waals surface area contributed by atoms with Crippen LogP contribution in [0.5, 0.6) is 0 Å². The highest BCUT2D eigenvalue weighted by atomic mass is 32.2. The van der Waals surface area contributed by atoms with Gasteiger partial charge in [-0.1, -0.05) is 0 Å². The number of esters is 1. The van der Waals surface area contributed by atoms with Gasteiger partial charge in [-0.3, -0.25) is 9.59 Å². The predicted molar refractivity (Wildman–Crippen MR) is 59.1 cm³/mol. The topological polar surface area (TPSA) is 97.7 Å². The highest BCUT2D eigenvalue weighted by Crippen LogP contribution is 2.37. The van der Waals surface area contributed by atoms with E-state index in [2.05, 4.69) is 0 Å². The smallest absolute Gasteiger partial charge is 0.323 e. The number of hydrogen-bond donors (Lipinski definition) is 1. The Balaban J connectivity index is 3.01. The SMILES string of the molecule is CCOC(=O)C(C)(C(=O)O)C1CCS(=O)(=O)C1. The molecule has 1 aliphatic heterocycles. The fraction of sp³-hybridized carbons (Fsp3) is 0.800. The first-order valence-corrected chi connectivity index (χ1v) is 7.17. The van der Waals surface area contributed by atoms with Crippen LogP contribution < -0.4 is 0 Å². The summed E-state index contributed by atoms with van der Waals surface area (Å²) in [5.74, 6) is -3.26. The summed E-state index contributed by atoms with van der Waals surface area (Å²) < 4.78 is 27.4. The van der Waals surface area contributed by atoms with E-state index in [1.54, 1.807) is 6.92 Å². The van der Waals surface area contributed by atoms with Gasteiger partial charge in [0, 0.05) is 5.92 Å². The van der Waals surface area contributed by atoms with Crippen molar-refractivity contribution in [3.8, 4) is 0 Å². The summed E-state index contributed by atoms with van der Waals surface area (Å²) in [4.78, 5) is 22.9. The van der Waals surface area contributed by atoms with Crippen molar-refractivity contribution in [3.63, 3.8) is 0 Å². The van der Waals surface area contributed by atoms with Crippen molar-refractivity contribution in [2.24, 2.45) is 11.3 Å². The molecule has 1 rings (SSSR count). The molecule has 0 aromatic rings. The van der Waals surface area contributed by atoms with Crippen LogP contribution in [0.2, 0.25) is 0 Å². The maximum atomic E-state index is 11.7. The van der Waals surface area contributed by atoms with Crippen LogP contribution in [-0.4, -0.2) is 43.6 Å². The molecule has 0 aromatic heterocycles. The molecular formula is C10H16O6S. The number of aliphatic carboxylic acids is 1. The number of carbonyl (C=O) groups excluding carboxylic acids is 1. The third-order valence-electron chi connectivity index (χ3n) is 3.19. The fourth-order valence-electron chi connectivity index (χ4n) is 1.96. The molecule has 98 valence electrons. The zero-order valence-electron chi connectivity index (χ0n) is 9.80. The van der Waals surface area contributed by atoms with Crippen molar-refractivity contribution in [2.75, 3.05) is 18.1 Å². The maximum absolute atomic E-state index is 11.7. The van der Waals surface area contributed by atoms with Gasteiger partial charge in [0.05, 0.1) is 18.1 Å². The monoisotopic (exact) mass is 264 g/mol. The molecule has 1 fully saturated rings. The highest BCUT2D eigenvalue weighted by molar-refractivity contribution is 7.91. The van der Waals surface area contributed by atoms with Crippen LogP contribution in [0.25, 0.3) is 0 Å². The molecule has 7 heteroatoms. The molecular weight excluding hydrogens is 248 g/mol. The number of carboxylic acids is 1. The molecule has 1 aliphatic rings. The number of rotatable bonds is 4. The molecule has 6 nitrogen and oxygen atoms in total. The van der Waals surface area contributed by atoms with E-state index >= 15 is 0 Å². The molecule has 0 aliphatic carbocycles. The summed E-state index contributed by atoms with van der Waals surface area (Å²) >= 11 is 0. The van der Waals surface area contributed by atoms with Gasteiger partial charge >= 0.3 is 11.9 Å². The Labute approximate surface area is 99.9 Å². The quantitative estimate of drug-likeness (QED) is 0.570. The van der Waals surface area contributed by atoms with Crippen LogP contribution >= 0.6 is 0 Å². The fourth-order valence-corrected chi connectivity index (χ4v) is 3.88. The Morgan fingerprint density at radius 2 is 2.06 bits per heavy atom. The second-order valence-corrected chi connectivity index (χ2v) is 6.56. The Kier molecular flexibility index (Phi) is 3.81. The zero-order chi connectivity index (χ0) is 13.3. The molecule has 1 heterocycles. The van der Waals surface area contributed by atoms with Crippen LogP contribution in [0.15, 0.2) is 0 Å². The van der Waals surface area contributed by atoms with Crippen LogP contribution in [0, 0.1) is 11.3 Å². The Bertz CT molecular complexity index is 426. The van der Waals surface area contributed by atoms with E-state index in [9.17, 15) is 18.0 Å². The van der Waals surface area contributed by atoms with Crippen LogP contribution in [-0.2, 0) is 24.2 Å². The van der Waals surface area contributed by atoms with Crippen molar-refractivity contribution in [1.82, 2.24) is 0 Å². The van der Waals surface area contributed by atoms with E-state index in [4.69, 9.17) is 9.84 Å². The molecule has 2 atom stereocenters. The van der Waals surface area contributed by atoms with E-state index in [1.165, 1.54) is 6.92 Å². The first-order valence-electron chi connectivity index (χ1n) is 5.35. The third kappa shape index (κ3) is 2.59. The lowest BCUT2D eigenvalue weighted by atomic mass is 9.76. The maximum Gasteiger partial charge on any atom is 0.323 e. The summed E-state index contributed by atoms with van der Waals surface area (Å²) in [6.07, 6.45) is 0.184. The first kappa shape index (κ1) is 14.0. The number of carboxylic acid groups (broad SMARTS) is 1. The van der Waals surface area contributed by atoms with Crippen LogP contribution in [0.1, 0.15) is 20.3 Å². The van der Waals surface area contributed by atoms with Gasteiger partial charge in [-0.25, -0.2) is 8.42 Å². The third-order valence-corrected chi connectivity index (χ3v) is 4.96. The molecule has 0 aromatic carbocycles. The Hall–Kier alpha value is -1.11. The molecule has 2 unspecified atom stereocenters. The number of ether oxygens (including phenoxy) is 1. The van der Waals surface area contributed by atoms with E-state index in [0.29, 0.717) is 0 Å². The summed E-state index contributed by atoms with van der Waals surface area (Å²) in [6.45, 7) is 2.88. The second-order valence-electron chi connectivity index (χ2n) is 4.33. The lowest BCUT2D eigenvalue weighted by molar-refractivity contribution is -0.170. The zero-order valence-corrected chi connectivity index (χ0v) is 10.6. The predicted octanol–water partition coefficient (Wildman–Crippen LogP) is 0.0751. The number of sulfone groups is 1. The lowest BCUT2D eigenvalue weighted by Crippen LogP contribution is -2.45. The summed E-state index contributed by atoms with van der Waals surface area (Å²) in [7, 11) is -3.23. The molecule has 0 spiro atoms.